The van der Waals surface area contributed by atoms with E-state index in [4.69, 9.17) is 18.9 Å². The molecule has 0 bridgehead atoms. The molecule has 0 aromatic heterocycles. The van der Waals surface area contributed by atoms with Crippen molar-refractivity contribution in [2.45, 2.75) is 65.2 Å². The van der Waals surface area contributed by atoms with Gasteiger partial charge in [0.1, 0.15) is 11.5 Å². The predicted octanol–water partition coefficient (Wildman–Crippen LogP) is 11.8. The molecule has 0 aliphatic rings. The molecule has 290 valence electrons. The summed E-state index contributed by atoms with van der Waals surface area (Å²) in [6.45, 7) is 5.09. The first kappa shape index (κ1) is 41.0. The van der Waals surface area contributed by atoms with Gasteiger partial charge in [-0.05, 0) is 115 Å². The maximum Gasteiger partial charge on any atom is 0.343 e. The zero-order valence-corrected chi connectivity index (χ0v) is 31.7. The first-order valence-corrected chi connectivity index (χ1v) is 19.0. The molecular weight excluding hydrogens is 715 g/mol. The first-order valence-electron chi connectivity index (χ1n) is 19.0. The lowest BCUT2D eigenvalue weighted by Crippen LogP contribution is -2.09. The van der Waals surface area contributed by atoms with E-state index in [0.717, 1.165) is 74.6 Å². The average molecular weight is 761 g/mol. The van der Waals surface area contributed by atoms with Crippen molar-refractivity contribution < 1.29 is 37.3 Å². The summed E-state index contributed by atoms with van der Waals surface area (Å²) >= 11 is 0. The van der Waals surface area contributed by atoms with Crippen LogP contribution in [0.5, 0.6) is 23.0 Å². The van der Waals surface area contributed by atoms with Gasteiger partial charge in [-0.15, -0.1) is 0 Å². The van der Waals surface area contributed by atoms with Gasteiger partial charge in [0.05, 0.1) is 35.7 Å². The van der Waals surface area contributed by atoms with Gasteiger partial charge in [-0.1, -0.05) is 70.6 Å². The van der Waals surface area contributed by atoms with Crippen LogP contribution >= 0.6 is 0 Å². The second-order valence-corrected chi connectivity index (χ2v) is 13.1. The molecule has 0 saturated heterocycles. The fraction of sp³-hybridized carbons (Fsp3) is 0.261. The normalized spacial score (nSPS) is 11.2. The van der Waals surface area contributed by atoms with Gasteiger partial charge in [-0.25, -0.2) is 18.4 Å². The van der Waals surface area contributed by atoms with Crippen molar-refractivity contribution in [2.75, 3.05) is 13.2 Å². The third kappa shape index (κ3) is 13.0. The molecule has 0 radical (unpaired) electrons. The van der Waals surface area contributed by atoms with Crippen molar-refractivity contribution in [1.82, 2.24) is 0 Å². The summed E-state index contributed by atoms with van der Waals surface area (Å²) in [6.07, 6.45) is 11.6. The number of halogens is 2. The number of carbonyl (C=O) groups is 2. The Balaban J connectivity index is 1.09. The zero-order valence-electron chi connectivity index (χ0n) is 31.7. The Morgan fingerprint density at radius 3 is 1.36 bits per heavy atom. The molecule has 0 spiro atoms. The van der Waals surface area contributed by atoms with Crippen LogP contribution in [0.1, 0.15) is 97.1 Å². The van der Waals surface area contributed by atoms with E-state index in [1.54, 1.807) is 61.0 Å². The number of rotatable bonds is 20. The standard InChI is InChI=1S/C46H46F2N2O6/c1-3-5-7-9-26-53-43-24-14-35(29-41(43)47)45(51)55-39-20-16-37(17-21-39)49-31-33-12-11-13-34(28-33)32-50-38-18-22-40(23-19-38)56-46(52)36-15-25-44(42(48)30-36)54-27-10-8-6-4-2/h11-25,28-32H,3-10,26-27H2,1-2H3. The Hall–Kier alpha value is -6.16. The van der Waals surface area contributed by atoms with E-state index in [-0.39, 0.29) is 22.6 Å². The SMILES string of the molecule is CCCCCCOc1ccc(C(=O)Oc2ccc(N=Cc3cccc(C=Nc4ccc(OC(=O)c5ccc(OCCCCCC)c(F)c5)cc4)c3)cc2)cc1F. The van der Waals surface area contributed by atoms with Gasteiger partial charge in [-0.3, -0.25) is 9.98 Å². The summed E-state index contributed by atoms with van der Waals surface area (Å²) in [4.78, 5) is 34.3. The lowest BCUT2D eigenvalue weighted by molar-refractivity contribution is 0.0724. The second-order valence-electron chi connectivity index (χ2n) is 13.1. The summed E-state index contributed by atoms with van der Waals surface area (Å²) in [5.74, 6) is -1.75. The molecule has 8 nitrogen and oxygen atoms in total. The molecule has 0 heterocycles. The van der Waals surface area contributed by atoms with Gasteiger partial charge in [0.2, 0.25) is 0 Å². The van der Waals surface area contributed by atoms with E-state index in [1.165, 1.54) is 24.3 Å². The molecule has 0 saturated carbocycles. The maximum atomic E-state index is 14.5. The van der Waals surface area contributed by atoms with E-state index in [1.807, 2.05) is 24.3 Å². The van der Waals surface area contributed by atoms with Gasteiger partial charge in [0.15, 0.2) is 23.1 Å². The Morgan fingerprint density at radius 2 is 0.964 bits per heavy atom. The molecule has 56 heavy (non-hydrogen) atoms. The minimum atomic E-state index is -0.679. The predicted molar refractivity (Wildman–Crippen MR) is 216 cm³/mol. The van der Waals surface area contributed by atoms with Gasteiger partial charge < -0.3 is 18.9 Å². The van der Waals surface area contributed by atoms with Crippen LogP contribution in [0, 0.1) is 11.6 Å². The summed E-state index contributed by atoms with van der Waals surface area (Å²) in [6, 6.07) is 29.0. The minimum absolute atomic E-state index is 0.0831. The Bertz CT molecular complexity index is 1950. The number of unbranched alkanes of at least 4 members (excludes halogenated alkanes) is 6. The van der Waals surface area contributed by atoms with Crippen LogP contribution in [-0.4, -0.2) is 37.6 Å². The smallest absolute Gasteiger partial charge is 0.343 e. The lowest BCUT2D eigenvalue weighted by Gasteiger charge is -2.09. The Kier molecular flexibility index (Phi) is 15.9. The molecule has 10 heteroatoms. The van der Waals surface area contributed by atoms with Crippen molar-refractivity contribution in [1.29, 1.82) is 0 Å². The number of carbonyl (C=O) groups excluding carboxylic acids is 2. The molecular formula is C46H46F2N2O6. The van der Waals surface area contributed by atoms with Crippen molar-refractivity contribution in [3.63, 3.8) is 0 Å². The molecule has 0 atom stereocenters. The number of hydrogen-bond acceptors (Lipinski definition) is 8. The molecule has 5 rings (SSSR count). The largest absolute Gasteiger partial charge is 0.491 e. The van der Waals surface area contributed by atoms with Crippen molar-refractivity contribution in [2.24, 2.45) is 9.98 Å². The summed E-state index contributed by atoms with van der Waals surface area (Å²) in [7, 11) is 0. The van der Waals surface area contributed by atoms with Crippen LogP contribution in [0.3, 0.4) is 0 Å². The summed E-state index contributed by atoms with van der Waals surface area (Å²) < 4.78 is 50.9. The fourth-order valence-electron chi connectivity index (χ4n) is 5.46. The van der Waals surface area contributed by atoms with Crippen molar-refractivity contribution >= 4 is 35.7 Å². The van der Waals surface area contributed by atoms with Crippen LogP contribution in [0.4, 0.5) is 20.2 Å². The first-order chi connectivity index (χ1) is 27.3. The lowest BCUT2D eigenvalue weighted by atomic mass is 10.1. The number of aliphatic imine (C=N–C) groups is 2. The van der Waals surface area contributed by atoms with E-state index < -0.39 is 23.6 Å². The van der Waals surface area contributed by atoms with Crippen LogP contribution in [-0.2, 0) is 0 Å². The van der Waals surface area contributed by atoms with E-state index >= 15 is 0 Å². The summed E-state index contributed by atoms with van der Waals surface area (Å²) in [5.41, 5.74) is 3.12. The van der Waals surface area contributed by atoms with Crippen LogP contribution < -0.4 is 18.9 Å². The monoisotopic (exact) mass is 760 g/mol. The molecule has 5 aromatic rings. The van der Waals surface area contributed by atoms with E-state index in [9.17, 15) is 18.4 Å². The highest BCUT2D eigenvalue weighted by Crippen LogP contribution is 2.24. The molecule has 0 unspecified atom stereocenters. The van der Waals surface area contributed by atoms with Crippen LogP contribution in [0.25, 0.3) is 0 Å². The van der Waals surface area contributed by atoms with Crippen molar-refractivity contribution in [3.8, 4) is 23.0 Å². The Morgan fingerprint density at radius 1 is 0.536 bits per heavy atom. The fourth-order valence-corrected chi connectivity index (χ4v) is 5.46. The van der Waals surface area contributed by atoms with Crippen molar-refractivity contribution in [3.05, 3.63) is 143 Å². The highest BCUT2D eigenvalue weighted by atomic mass is 19.1. The quantitative estimate of drug-likeness (QED) is 0.0339. The molecule has 0 aliphatic heterocycles. The third-order valence-corrected chi connectivity index (χ3v) is 8.58. The highest BCUT2D eigenvalue weighted by Gasteiger charge is 2.14. The van der Waals surface area contributed by atoms with Gasteiger partial charge >= 0.3 is 11.9 Å². The number of ether oxygens (including phenoxy) is 4. The highest BCUT2D eigenvalue weighted by molar-refractivity contribution is 5.92. The number of esters is 2. The third-order valence-electron chi connectivity index (χ3n) is 8.58. The number of benzene rings is 5. The molecule has 0 amide bonds. The van der Waals surface area contributed by atoms with Gasteiger partial charge in [-0.2, -0.15) is 0 Å². The average Bonchev–Trinajstić information content (AvgIpc) is 3.21. The molecule has 0 fully saturated rings. The molecule has 5 aromatic carbocycles. The van der Waals surface area contributed by atoms with E-state index in [0.29, 0.717) is 36.1 Å². The number of hydrogen-bond donors (Lipinski definition) is 0. The maximum absolute atomic E-state index is 14.5. The topological polar surface area (TPSA) is 95.8 Å². The zero-order chi connectivity index (χ0) is 39.5. The molecule has 0 N–H and O–H groups in total. The second kappa shape index (κ2) is 21.7. The molecule has 0 aliphatic carbocycles. The Labute approximate surface area is 326 Å². The summed E-state index contributed by atoms with van der Waals surface area (Å²) in [5, 5.41) is 0. The van der Waals surface area contributed by atoms with Gasteiger partial charge in [0, 0.05) is 12.4 Å². The number of nitrogens with zero attached hydrogens (tertiary/aromatic N) is 2. The van der Waals surface area contributed by atoms with Gasteiger partial charge in [0.25, 0.3) is 0 Å². The van der Waals surface area contributed by atoms with E-state index in [2.05, 4.69) is 23.8 Å². The van der Waals surface area contributed by atoms with Crippen LogP contribution in [0.2, 0.25) is 0 Å². The van der Waals surface area contributed by atoms with Crippen LogP contribution in [0.15, 0.2) is 119 Å². The minimum Gasteiger partial charge on any atom is -0.491 e.